The molecule has 1 atom stereocenters. The summed E-state index contributed by atoms with van der Waals surface area (Å²) in [5.41, 5.74) is 5.18. The number of nitrogens with one attached hydrogen (secondary N) is 2. The molecule has 0 saturated heterocycles. The van der Waals surface area contributed by atoms with Crippen molar-refractivity contribution < 1.29 is 19.1 Å². The molecule has 0 heterocycles. The average Bonchev–Trinajstić information content (AvgIpc) is 2.75. The van der Waals surface area contributed by atoms with Gasteiger partial charge in [0.1, 0.15) is 11.5 Å². The maximum Gasteiger partial charge on any atom is 0.279 e. The number of carbonyl (C=O) groups excluding carboxylic acids is 2. The van der Waals surface area contributed by atoms with Crippen LogP contribution in [0.3, 0.4) is 0 Å². The van der Waals surface area contributed by atoms with Crippen molar-refractivity contribution in [3.8, 4) is 11.5 Å². The molecule has 0 bridgehead atoms. The summed E-state index contributed by atoms with van der Waals surface area (Å²) in [6, 6.07) is 20.4. The van der Waals surface area contributed by atoms with E-state index in [0.29, 0.717) is 29.6 Å². The molecule has 3 rings (SSSR count). The zero-order valence-electron chi connectivity index (χ0n) is 17.3. The summed E-state index contributed by atoms with van der Waals surface area (Å²) in [6.45, 7) is 6.17. The fourth-order valence-electron chi connectivity index (χ4n) is 2.82. The van der Waals surface area contributed by atoms with Gasteiger partial charge in [-0.15, -0.1) is 0 Å². The van der Waals surface area contributed by atoms with Crippen LogP contribution in [-0.2, 0) is 4.79 Å². The van der Waals surface area contributed by atoms with Gasteiger partial charge in [-0.05, 0) is 47.9 Å². The standard InChI is InChI=1S/C24H26N2O4/c1-16(2)15-29-22-11-7-6-10-21(22)24(28)26-25-23(27)17(3)30-20-13-12-18-8-4-5-9-19(18)14-20/h4-14,16-17H,15H2,1-3H3,(H,25,27)(H,26,28)/t17-/m0/s1. The van der Waals surface area contributed by atoms with Crippen molar-refractivity contribution in [1.82, 2.24) is 10.9 Å². The van der Waals surface area contributed by atoms with E-state index in [1.54, 1.807) is 31.2 Å². The van der Waals surface area contributed by atoms with E-state index in [1.165, 1.54) is 0 Å². The largest absolute Gasteiger partial charge is 0.492 e. The molecule has 0 aliphatic heterocycles. The Hall–Kier alpha value is -3.54. The SMILES string of the molecule is CC(C)COc1ccccc1C(=O)NNC(=O)[C@H](C)Oc1ccc2ccccc2c1. The molecule has 3 aromatic rings. The molecule has 156 valence electrons. The second-order valence-corrected chi connectivity index (χ2v) is 7.41. The lowest BCUT2D eigenvalue weighted by Crippen LogP contribution is -2.47. The van der Waals surface area contributed by atoms with Crippen molar-refractivity contribution >= 4 is 22.6 Å². The van der Waals surface area contributed by atoms with Gasteiger partial charge in [-0.3, -0.25) is 20.4 Å². The maximum atomic E-state index is 12.5. The van der Waals surface area contributed by atoms with Crippen molar-refractivity contribution in [3.05, 3.63) is 72.3 Å². The lowest BCUT2D eigenvalue weighted by atomic mass is 10.1. The third-order valence-electron chi connectivity index (χ3n) is 4.41. The molecule has 0 aliphatic rings. The van der Waals surface area contributed by atoms with E-state index in [0.717, 1.165) is 10.8 Å². The average molecular weight is 406 g/mol. The Kier molecular flexibility index (Phi) is 6.91. The smallest absolute Gasteiger partial charge is 0.279 e. The first-order valence-electron chi connectivity index (χ1n) is 9.91. The van der Waals surface area contributed by atoms with Crippen LogP contribution in [0.25, 0.3) is 10.8 Å². The predicted molar refractivity (Wildman–Crippen MR) is 116 cm³/mol. The number of para-hydroxylation sites is 1. The van der Waals surface area contributed by atoms with Crippen LogP contribution < -0.4 is 20.3 Å². The molecule has 0 aromatic heterocycles. The number of carbonyl (C=O) groups is 2. The van der Waals surface area contributed by atoms with Gasteiger partial charge in [0.2, 0.25) is 0 Å². The molecule has 2 N–H and O–H groups in total. The zero-order valence-corrected chi connectivity index (χ0v) is 17.3. The highest BCUT2D eigenvalue weighted by Gasteiger charge is 2.18. The van der Waals surface area contributed by atoms with Crippen molar-refractivity contribution in [2.75, 3.05) is 6.61 Å². The van der Waals surface area contributed by atoms with Crippen molar-refractivity contribution in [2.45, 2.75) is 26.9 Å². The highest BCUT2D eigenvalue weighted by atomic mass is 16.5. The predicted octanol–water partition coefficient (Wildman–Crippen LogP) is 4.10. The summed E-state index contributed by atoms with van der Waals surface area (Å²) >= 11 is 0. The number of rotatable bonds is 7. The minimum Gasteiger partial charge on any atom is -0.492 e. The molecular weight excluding hydrogens is 380 g/mol. The van der Waals surface area contributed by atoms with Crippen molar-refractivity contribution in [2.24, 2.45) is 5.92 Å². The second kappa shape index (κ2) is 9.78. The summed E-state index contributed by atoms with van der Waals surface area (Å²) in [6.07, 6.45) is -0.793. The molecule has 6 nitrogen and oxygen atoms in total. The number of ether oxygens (including phenoxy) is 2. The number of hydrogen-bond donors (Lipinski definition) is 2. The van der Waals surface area contributed by atoms with Crippen LogP contribution in [0.5, 0.6) is 11.5 Å². The fraction of sp³-hybridized carbons (Fsp3) is 0.250. The van der Waals surface area contributed by atoms with E-state index in [4.69, 9.17) is 9.47 Å². The lowest BCUT2D eigenvalue weighted by molar-refractivity contribution is -0.128. The highest BCUT2D eigenvalue weighted by molar-refractivity contribution is 5.98. The Balaban J connectivity index is 1.57. The van der Waals surface area contributed by atoms with Crippen LogP contribution in [0.15, 0.2) is 66.7 Å². The minimum atomic E-state index is -0.793. The van der Waals surface area contributed by atoms with Gasteiger partial charge in [-0.1, -0.05) is 56.3 Å². The third kappa shape index (κ3) is 5.50. The fourth-order valence-corrected chi connectivity index (χ4v) is 2.82. The van der Waals surface area contributed by atoms with E-state index < -0.39 is 17.9 Å². The summed E-state index contributed by atoms with van der Waals surface area (Å²) in [7, 11) is 0. The topological polar surface area (TPSA) is 76.7 Å². The van der Waals surface area contributed by atoms with Gasteiger partial charge in [0, 0.05) is 0 Å². The monoisotopic (exact) mass is 406 g/mol. The molecule has 6 heteroatoms. The van der Waals surface area contributed by atoms with Crippen molar-refractivity contribution in [3.63, 3.8) is 0 Å². The molecule has 3 aromatic carbocycles. The van der Waals surface area contributed by atoms with E-state index >= 15 is 0 Å². The maximum absolute atomic E-state index is 12.5. The van der Waals surface area contributed by atoms with Gasteiger partial charge in [0.05, 0.1) is 12.2 Å². The Morgan fingerprint density at radius 2 is 1.57 bits per heavy atom. The Morgan fingerprint density at radius 3 is 2.33 bits per heavy atom. The van der Waals surface area contributed by atoms with Crippen LogP contribution in [0, 0.1) is 5.92 Å². The van der Waals surface area contributed by atoms with Crippen LogP contribution in [0.2, 0.25) is 0 Å². The highest BCUT2D eigenvalue weighted by Crippen LogP contribution is 2.21. The molecular formula is C24H26N2O4. The number of fused-ring (bicyclic) bond motifs is 1. The molecule has 0 radical (unpaired) electrons. The number of amides is 2. The van der Waals surface area contributed by atoms with Gasteiger partial charge in [-0.2, -0.15) is 0 Å². The number of benzene rings is 3. The molecule has 2 amide bonds. The molecule has 0 fully saturated rings. The summed E-state index contributed by atoms with van der Waals surface area (Å²) in [5.74, 6) is 0.458. The Labute approximate surface area is 176 Å². The summed E-state index contributed by atoms with van der Waals surface area (Å²) in [5, 5.41) is 2.11. The third-order valence-corrected chi connectivity index (χ3v) is 4.41. The quantitative estimate of drug-likeness (QED) is 0.579. The van der Waals surface area contributed by atoms with E-state index in [1.807, 2.05) is 56.3 Å². The Bertz CT molecular complexity index is 1030. The first-order valence-corrected chi connectivity index (χ1v) is 9.91. The number of hydrazine groups is 1. The van der Waals surface area contributed by atoms with Crippen molar-refractivity contribution in [1.29, 1.82) is 0 Å². The Morgan fingerprint density at radius 1 is 0.867 bits per heavy atom. The molecule has 0 saturated carbocycles. The van der Waals surface area contributed by atoms with Gasteiger partial charge in [0.25, 0.3) is 11.8 Å². The lowest BCUT2D eigenvalue weighted by Gasteiger charge is -2.16. The van der Waals surface area contributed by atoms with Crippen LogP contribution >= 0.6 is 0 Å². The van der Waals surface area contributed by atoms with E-state index in [9.17, 15) is 9.59 Å². The number of hydrogen-bond acceptors (Lipinski definition) is 4. The van der Waals surface area contributed by atoms with Gasteiger partial charge in [-0.25, -0.2) is 0 Å². The second-order valence-electron chi connectivity index (χ2n) is 7.41. The van der Waals surface area contributed by atoms with Gasteiger partial charge in [0.15, 0.2) is 6.10 Å². The molecule has 0 aliphatic carbocycles. The van der Waals surface area contributed by atoms with Crippen LogP contribution in [0.4, 0.5) is 0 Å². The van der Waals surface area contributed by atoms with E-state index in [-0.39, 0.29) is 0 Å². The first kappa shape index (κ1) is 21.2. The normalized spacial score (nSPS) is 11.7. The first-order chi connectivity index (χ1) is 14.4. The molecule has 0 spiro atoms. The van der Waals surface area contributed by atoms with Crippen LogP contribution in [-0.4, -0.2) is 24.5 Å². The van der Waals surface area contributed by atoms with E-state index in [2.05, 4.69) is 10.9 Å². The summed E-state index contributed by atoms with van der Waals surface area (Å²) < 4.78 is 11.4. The van der Waals surface area contributed by atoms with Crippen LogP contribution in [0.1, 0.15) is 31.1 Å². The zero-order chi connectivity index (χ0) is 21.5. The molecule has 0 unspecified atom stereocenters. The molecule has 30 heavy (non-hydrogen) atoms. The van der Waals surface area contributed by atoms with Gasteiger partial charge < -0.3 is 9.47 Å². The minimum absolute atomic E-state index is 0.328. The van der Waals surface area contributed by atoms with Gasteiger partial charge >= 0.3 is 0 Å². The summed E-state index contributed by atoms with van der Waals surface area (Å²) in [4.78, 5) is 24.9.